The third-order valence-electron chi connectivity index (χ3n) is 6.80. The Morgan fingerprint density at radius 3 is 2.89 bits per heavy atom. The van der Waals surface area contributed by atoms with E-state index in [9.17, 15) is 14.4 Å². The summed E-state index contributed by atoms with van der Waals surface area (Å²) in [7, 11) is 1.25. The minimum atomic E-state index is -0.652. The van der Waals surface area contributed by atoms with Crippen molar-refractivity contribution in [3.8, 4) is 22.6 Å². The molecule has 5 aromatic rings. The van der Waals surface area contributed by atoms with E-state index in [1.807, 2.05) is 24.3 Å². The zero-order valence-corrected chi connectivity index (χ0v) is 20.5. The Balaban J connectivity index is 1.25. The fourth-order valence-electron chi connectivity index (χ4n) is 4.88. The monoisotopic (exact) mass is 512 g/mol. The van der Waals surface area contributed by atoms with Gasteiger partial charge in [0.2, 0.25) is 5.91 Å². The Morgan fingerprint density at radius 2 is 2.03 bits per heavy atom. The molecule has 0 radical (unpaired) electrons. The Hall–Kier alpha value is -4.93. The number of amides is 2. The highest BCUT2D eigenvalue weighted by Crippen LogP contribution is 2.32. The first-order chi connectivity index (χ1) is 18.5. The largest absolute Gasteiger partial charge is 0.456 e. The zero-order valence-electron chi connectivity index (χ0n) is 20.5. The van der Waals surface area contributed by atoms with E-state index >= 15 is 0 Å². The summed E-state index contributed by atoms with van der Waals surface area (Å²) >= 11 is 0. The number of aromatic nitrogens is 4. The van der Waals surface area contributed by atoms with Gasteiger partial charge in [0.15, 0.2) is 5.43 Å². The van der Waals surface area contributed by atoms with E-state index in [4.69, 9.17) is 4.42 Å². The number of rotatable bonds is 5. The number of imidazole rings is 2. The van der Waals surface area contributed by atoms with Gasteiger partial charge >= 0.3 is 6.09 Å². The maximum absolute atomic E-state index is 13.0. The van der Waals surface area contributed by atoms with E-state index in [2.05, 4.69) is 30.0 Å². The number of carbonyl (C=O) groups excluding carboxylic acids is 2. The maximum Gasteiger partial charge on any atom is 0.407 e. The van der Waals surface area contributed by atoms with Gasteiger partial charge in [0.25, 0.3) is 0 Å². The summed E-state index contributed by atoms with van der Waals surface area (Å²) in [6, 6.07) is 12.3. The SMILES string of the molecule is COC(=O)NCC(=O)N1CCCC1c1ncc(-c2ccc3oc(-c4ccc5nc[nH]c5c4)cc(=O)c3c2)[nH]1. The molecule has 6 rings (SSSR count). The summed E-state index contributed by atoms with van der Waals surface area (Å²) in [5.74, 6) is 0.922. The Kier molecular flexibility index (Phi) is 5.87. The van der Waals surface area contributed by atoms with Crippen LogP contribution in [-0.2, 0) is 9.53 Å². The quantitative estimate of drug-likeness (QED) is 0.325. The highest BCUT2D eigenvalue weighted by molar-refractivity contribution is 5.85. The van der Waals surface area contributed by atoms with Gasteiger partial charge in [-0.1, -0.05) is 0 Å². The molecule has 3 N–H and O–H groups in total. The van der Waals surface area contributed by atoms with Crippen molar-refractivity contribution in [2.45, 2.75) is 18.9 Å². The average molecular weight is 513 g/mol. The van der Waals surface area contributed by atoms with Crippen LogP contribution >= 0.6 is 0 Å². The van der Waals surface area contributed by atoms with Gasteiger partial charge < -0.3 is 29.3 Å². The lowest BCUT2D eigenvalue weighted by molar-refractivity contribution is -0.131. The van der Waals surface area contributed by atoms with Gasteiger partial charge in [-0.25, -0.2) is 14.8 Å². The molecule has 0 aliphatic carbocycles. The van der Waals surface area contributed by atoms with E-state index in [1.165, 1.54) is 13.2 Å². The Labute approximate surface area is 215 Å². The topological polar surface area (TPSA) is 146 Å². The van der Waals surface area contributed by atoms with Crippen molar-refractivity contribution in [1.82, 2.24) is 30.2 Å². The molecule has 3 aromatic heterocycles. The highest BCUT2D eigenvalue weighted by atomic mass is 16.5. The molecular formula is C27H24N6O5. The molecule has 4 heterocycles. The molecular weight excluding hydrogens is 488 g/mol. The zero-order chi connectivity index (χ0) is 26.2. The summed E-state index contributed by atoms with van der Waals surface area (Å²) in [6.07, 6.45) is 4.25. The summed E-state index contributed by atoms with van der Waals surface area (Å²) in [5, 5.41) is 2.88. The molecule has 1 aliphatic heterocycles. The number of hydrogen-bond acceptors (Lipinski definition) is 7. The van der Waals surface area contributed by atoms with Crippen LogP contribution < -0.4 is 10.7 Å². The number of methoxy groups -OCH3 is 1. The standard InChI is InChI=1S/C27H24N6O5/c1-37-27(36)29-13-25(35)33-8-2-3-21(33)26-28-12-20(32-26)15-5-7-23-17(9-15)22(34)11-24(38-23)16-4-6-18-19(10-16)31-14-30-18/h4-7,9-12,14,21H,2-3,8,13H2,1H3,(H,28,32)(H,29,36)(H,30,31). The average Bonchev–Trinajstić information content (AvgIpc) is 3.71. The van der Waals surface area contributed by atoms with Crippen molar-refractivity contribution in [2.24, 2.45) is 0 Å². The van der Waals surface area contributed by atoms with Crippen LogP contribution in [0.1, 0.15) is 24.7 Å². The highest BCUT2D eigenvalue weighted by Gasteiger charge is 2.32. The molecule has 192 valence electrons. The second-order valence-electron chi connectivity index (χ2n) is 9.09. The van der Waals surface area contributed by atoms with Gasteiger partial charge in [0.05, 0.1) is 47.8 Å². The fourth-order valence-corrected chi connectivity index (χ4v) is 4.88. The number of benzene rings is 2. The first-order valence-corrected chi connectivity index (χ1v) is 12.2. The van der Waals surface area contributed by atoms with Crippen molar-refractivity contribution in [2.75, 3.05) is 20.2 Å². The van der Waals surface area contributed by atoms with Crippen LogP contribution in [-0.4, -0.2) is 57.0 Å². The predicted octanol–water partition coefficient (Wildman–Crippen LogP) is 3.75. The Morgan fingerprint density at radius 1 is 1.16 bits per heavy atom. The van der Waals surface area contributed by atoms with Crippen molar-refractivity contribution < 1.29 is 18.7 Å². The van der Waals surface area contributed by atoms with E-state index in [0.29, 0.717) is 29.1 Å². The first kappa shape index (κ1) is 23.5. The van der Waals surface area contributed by atoms with Crippen LogP contribution in [0.4, 0.5) is 4.79 Å². The van der Waals surface area contributed by atoms with Crippen LogP contribution in [0.5, 0.6) is 0 Å². The maximum atomic E-state index is 13.0. The van der Waals surface area contributed by atoms with Crippen LogP contribution in [0, 0.1) is 0 Å². The lowest BCUT2D eigenvalue weighted by Gasteiger charge is -2.23. The molecule has 38 heavy (non-hydrogen) atoms. The van der Waals surface area contributed by atoms with Gasteiger partial charge in [-0.05, 0) is 49.2 Å². The van der Waals surface area contributed by atoms with E-state index < -0.39 is 6.09 Å². The summed E-state index contributed by atoms with van der Waals surface area (Å²) in [5.41, 5.74) is 4.30. The van der Waals surface area contributed by atoms with Gasteiger partial charge in [0.1, 0.15) is 23.7 Å². The first-order valence-electron chi connectivity index (χ1n) is 12.2. The van der Waals surface area contributed by atoms with Crippen LogP contribution in [0.25, 0.3) is 44.6 Å². The van der Waals surface area contributed by atoms with Crippen molar-refractivity contribution in [3.63, 3.8) is 0 Å². The van der Waals surface area contributed by atoms with Gasteiger partial charge in [-0.2, -0.15) is 0 Å². The third kappa shape index (κ3) is 4.27. The smallest absolute Gasteiger partial charge is 0.407 e. The number of alkyl carbamates (subject to hydrolysis) is 1. The van der Waals surface area contributed by atoms with Crippen molar-refractivity contribution in [1.29, 1.82) is 0 Å². The molecule has 1 unspecified atom stereocenters. The van der Waals surface area contributed by atoms with Gasteiger partial charge in [-0.15, -0.1) is 0 Å². The minimum absolute atomic E-state index is 0.144. The van der Waals surface area contributed by atoms with Crippen molar-refractivity contribution >= 4 is 34.0 Å². The molecule has 1 atom stereocenters. The Bertz CT molecular complexity index is 1730. The molecule has 11 heteroatoms. The number of ether oxygens (including phenoxy) is 1. The van der Waals surface area contributed by atoms with E-state index in [-0.39, 0.29) is 23.9 Å². The predicted molar refractivity (Wildman–Crippen MR) is 139 cm³/mol. The van der Waals surface area contributed by atoms with Crippen LogP contribution in [0.2, 0.25) is 0 Å². The fraction of sp³-hybridized carbons (Fsp3) is 0.222. The third-order valence-corrected chi connectivity index (χ3v) is 6.80. The minimum Gasteiger partial charge on any atom is -0.456 e. The second kappa shape index (κ2) is 9.51. The summed E-state index contributed by atoms with van der Waals surface area (Å²) in [6.45, 7) is 0.434. The van der Waals surface area contributed by atoms with Crippen LogP contribution in [0.3, 0.4) is 0 Å². The molecule has 0 saturated carbocycles. The molecule has 2 amide bonds. The van der Waals surface area contributed by atoms with Gasteiger partial charge in [-0.3, -0.25) is 9.59 Å². The number of carbonyl (C=O) groups is 2. The summed E-state index contributed by atoms with van der Waals surface area (Å²) in [4.78, 5) is 53.9. The number of H-pyrrole nitrogens is 2. The molecule has 1 aliphatic rings. The normalized spacial score (nSPS) is 15.3. The molecule has 1 saturated heterocycles. The van der Waals surface area contributed by atoms with E-state index in [1.54, 1.807) is 29.6 Å². The molecule has 0 bridgehead atoms. The van der Waals surface area contributed by atoms with Crippen LogP contribution in [0.15, 0.2) is 64.2 Å². The summed E-state index contributed by atoms with van der Waals surface area (Å²) < 4.78 is 10.6. The number of nitrogens with one attached hydrogen (secondary N) is 3. The molecule has 11 nitrogen and oxygen atoms in total. The molecule has 1 fully saturated rings. The number of aromatic amines is 2. The number of fused-ring (bicyclic) bond motifs is 2. The lowest BCUT2D eigenvalue weighted by Crippen LogP contribution is -2.40. The van der Waals surface area contributed by atoms with Crippen molar-refractivity contribution in [3.05, 3.63) is 71.0 Å². The molecule has 2 aromatic carbocycles. The second-order valence-corrected chi connectivity index (χ2v) is 9.09. The molecule has 0 spiro atoms. The lowest BCUT2D eigenvalue weighted by atomic mass is 10.1. The number of likely N-dealkylation sites (tertiary alicyclic amines) is 1. The van der Waals surface area contributed by atoms with Gasteiger partial charge in [0, 0.05) is 23.7 Å². The van der Waals surface area contributed by atoms with E-state index in [0.717, 1.165) is 40.7 Å². The number of hydrogen-bond donors (Lipinski definition) is 3. The number of nitrogens with zero attached hydrogens (tertiary/aromatic N) is 3.